The van der Waals surface area contributed by atoms with Crippen LogP contribution in [0.15, 0.2) is 46.1 Å². The van der Waals surface area contributed by atoms with Gasteiger partial charge in [0.05, 0.1) is 0 Å². The van der Waals surface area contributed by atoms with Gasteiger partial charge in [0.25, 0.3) is 0 Å². The average molecular weight is 531 g/mol. The third kappa shape index (κ3) is 3.30. The Morgan fingerprint density at radius 3 is 2.52 bits per heavy atom. The standard InChI is InChI=1S/C19H25Si.2ClH.Hf/c1-13-12-16-10-7-11-17(20(3)4)14(2)19(16)18(13)15-8-5-6-9-15;;;/h5-6,8,12,14H,7,9-11H2,1-4H3;2*1H;/q;;;+2/p-2. The van der Waals surface area contributed by atoms with Crippen LogP contribution in [0.25, 0.3) is 0 Å². The van der Waals surface area contributed by atoms with Crippen molar-refractivity contribution in [2.75, 3.05) is 0 Å². The van der Waals surface area contributed by atoms with Crippen molar-refractivity contribution in [1.29, 1.82) is 0 Å². The molecule has 123 valence electrons. The molecule has 3 aliphatic rings. The van der Waals surface area contributed by atoms with Gasteiger partial charge in [0.1, 0.15) is 0 Å². The SMILES string of the molecule is CC1=C(C2=CC=CC2)C2=C(CCCC(=[Si](C)C)C2C)[CH]1[Hf]([Cl])[Cl]. The fraction of sp³-hybridized carbons (Fsp3) is 0.526. The van der Waals surface area contributed by atoms with Gasteiger partial charge in [0.15, 0.2) is 0 Å². The van der Waals surface area contributed by atoms with Crippen LogP contribution in [0, 0.1) is 5.92 Å². The van der Waals surface area contributed by atoms with Gasteiger partial charge in [-0.15, -0.1) is 0 Å². The van der Waals surface area contributed by atoms with E-state index in [2.05, 4.69) is 45.2 Å². The second kappa shape index (κ2) is 7.39. The van der Waals surface area contributed by atoms with Crippen molar-refractivity contribution in [3.05, 3.63) is 46.1 Å². The van der Waals surface area contributed by atoms with Gasteiger partial charge in [-0.2, -0.15) is 0 Å². The third-order valence-electron chi connectivity index (χ3n) is 5.59. The summed E-state index contributed by atoms with van der Waals surface area (Å²) in [5.74, 6) is 0.590. The Morgan fingerprint density at radius 1 is 1.22 bits per heavy atom. The second-order valence-electron chi connectivity index (χ2n) is 7.14. The van der Waals surface area contributed by atoms with E-state index in [9.17, 15) is 0 Å². The summed E-state index contributed by atoms with van der Waals surface area (Å²) in [6.45, 7) is 9.65. The molecule has 3 aliphatic carbocycles. The van der Waals surface area contributed by atoms with Gasteiger partial charge in [-0.25, -0.2) is 0 Å². The molecule has 0 aromatic rings. The molecule has 0 bridgehead atoms. The molecule has 0 N–H and O–H groups in total. The molecule has 2 unspecified atom stereocenters. The summed E-state index contributed by atoms with van der Waals surface area (Å²) in [6, 6.07) is 0. The Bertz CT molecular complexity index is 675. The zero-order chi connectivity index (χ0) is 16.7. The van der Waals surface area contributed by atoms with E-state index in [1.165, 1.54) is 36.0 Å². The average Bonchev–Trinajstić information content (AvgIpc) is 3.04. The van der Waals surface area contributed by atoms with Crippen LogP contribution in [0.3, 0.4) is 0 Å². The van der Waals surface area contributed by atoms with Gasteiger partial charge >= 0.3 is 158 Å². The van der Waals surface area contributed by atoms with Crippen LogP contribution < -0.4 is 0 Å². The van der Waals surface area contributed by atoms with Crippen LogP contribution in [0.4, 0.5) is 0 Å². The summed E-state index contributed by atoms with van der Waals surface area (Å²) in [5.41, 5.74) is 7.78. The van der Waals surface area contributed by atoms with E-state index in [4.69, 9.17) is 17.2 Å². The molecule has 0 aromatic carbocycles. The van der Waals surface area contributed by atoms with Gasteiger partial charge in [-0.1, -0.05) is 0 Å². The van der Waals surface area contributed by atoms with Crippen LogP contribution in [0.2, 0.25) is 16.8 Å². The fourth-order valence-corrected chi connectivity index (χ4v) is 14.8. The molecule has 3 rings (SSSR count). The number of halogens is 2. The Balaban J connectivity index is 2.17. The van der Waals surface area contributed by atoms with Crippen LogP contribution in [-0.2, 0) is 19.1 Å². The molecule has 0 aliphatic heterocycles. The topological polar surface area (TPSA) is 0 Å². The summed E-state index contributed by atoms with van der Waals surface area (Å²) in [5, 5.41) is 1.81. The minimum absolute atomic E-state index is 0.369. The molecule has 0 nitrogen and oxygen atoms in total. The predicted octanol–water partition coefficient (Wildman–Crippen LogP) is 6.54. The number of allylic oxidation sites excluding steroid dienone is 8. The molecule has 0 saturated carbocycles. The molecule has 0 aromatic heterocycles. The van der Waals surface area contributed by atoms with Crippen molar-refractivity contribution in [3.8, 4) is 0 Å². The third-order valence-corrected chi connectivity index (χ3v) is 15.5. The quantitative estimate of drug-likeness (QED) is 0.356. The zero-order valence-electron chi connectivity index (χ0n) is 14.5. The van der Waals surface area contributed by atoms with Crippen LogP contribution >= 0.6 is 17.2 Å². The van der Waals surface area contributed by atoms with Crippen molar-refractivity contribution in [3.63, 3.8) is 0 Å². The molecular formula is C19H25Cl2HfSi. The number of hydrogen-bond acceptors (Lipinski definition) is 0. The van der Waals surface area contributed by atoms with E-state index < -0.39 is 19.1 Å². The van der Waals surface area contributed by atoms with E-state index in [1.807, 2.05) is 5.17 Å². The molecule has 0 radical (unpaired) electrons. The van der Waals surface area contributed by atoms with Gasteiger partial charge < -0.3 is 0 Å². The first kappa shape index (κ1) is 18.3. The van der Waals surface area contributed by atoms with Crippen molar-refractivity contribution >= 4 is 30.7 Å². The molecule has 0 fully saturated rings. The number of rotatable bonds is 2. The Hall–Kier alpha value is 0.497. The summed E-state index contributed by atoms with van der Waals surface area (Å²) < 4.78 is 0.431. The minimum atomic E-state index is -2.53. The van der Waals surface area contributed by atoms with E-state index in [0.717, 1.165) is 6.42 Å². The zero-order valence-corrected chi connectivity index (χ0v) is 20.6. The number of hydrogen-bond donors (Lipinski definition) is 0. The second-order valence-corrected chi connectivity index (χ2v) is 22.2. The first-order valence-electron chi connectivity index (χ1n) is 8.57. The monoisotopic (exact) mass is 531 g/mol. The van der Waals surface area contributed by atoms with E-state index in [-0.39, 0.29) is 8.41 Å². The molecule has 0 saturated heterocycles. The predicted molar refractivity (Wildman–Crippen MR) is 103 cm³/mol. The summed E-state index contributed by atoms with van der Waals surface area (Å²) in [4.78, 5) is 0. The van der Waals surface area contributed by atoms with Crippen molar-refractivity contribution in [1.82, 2.24) is 0 Å². The molecule has 0 heterocycles. The van der Waals surface area contributed by atoms with Crippen molar-refractivity contribution < 1.29 is 19.1 Å². The van der Waals surface area contributed by atoms with Crippen molar-refractivity contribution in [2.45, 2.75) is 56.3 Å². The van der Waals surface area contributed by atoms with Crippen LogP contribution in [0.5, 0.6) is 0 Å². The Labute approximate surface area is 157 Å². The maximum absolute atomic E-state index is 6.65. The molecule has 4 heteroatoms. The fourth-order valence-electron chi connectivity index (χ4n) is 4.61. The van der Waals surface area contributed by atoms with E-state index >= 15 is 0 Å². The first-order valence-corrected chi connectivity index (χ1v) is 22.1. The van der Waals surface area contributed by atoms with Crippen molar-refractivity contribution in [2.24, 2.45) is 5.92 Å². The molecular weight excluding hydrogens is 506 g/mol. The van der Waals surface area contributed by atoms with Gasteiger partial charge in [0.2, 0.25) is 0 Å². The maximum atomic E-state index is 6.65. The van der Waals surface area contributed by atoms with E-state index in [0.29, 0.717) is 9.59 Å². The van der Waals surface area contributed by atoms with Crippen LogP contribution in [-0.4, -0.2) is 13.6 Å². The summed E-state index contributed by atoms with van der Waals surface area (Å²) >= 11 is -2.53. The first-order chi connectivity index (χ1) is 10.9. The Kier molecular flexibility index (Phi) is 5.88. The van der Waals surface area contributed by atoms with Gasteiger partial charge in [-0.05, 0) is 0 Å². The van der Waals surface area contributed by atoms with Gasteiger partial charge in [0, 0.05) is 0 Å². The summed E-state index contributed by atoms with van der Waals surface area (Å²) in [6.07, 6.45) is 11.6. The molecule has 0 amide bonds. The van der Waals surface area contributed by atoms with Gasteiger partial charge in [-0.3, -0.25) is 0 Å². The van der Waals surface area contributed by atoms with E-state index in [1.54, 1.807) is 11.1 Å². The molecule has 2 atom stereocenters. The van der Waals surface area contributed by atoms with Crippen LogP contribution in [0.1, 0.15) is 39.5 Å². The Morgan fingerprint density at radius 2 is 1.96 bits per heavy atom. The molecule has 0 spiro atoms. The normalized spacial score (nSPS) is 27.4. The summed E-state index contributed by atoms with van der Waals surface area (Å²) in [7, 11) is 12.9. The molecule has 23 heavy (non-hydrogen) atoms.